The van der Waals surface area contributed by atoms with Gasteiger partial charge in [-0.25, -0.2) is 22.0 Å². The van der Waals surface area contributed by atoms with E-state index in [-0.39, 0.29) is 6.79 Å². The van der Waals surface area contributed by atoms with Gasteiger partial charge >= 0.3 is 0 Å². The van der Waals surface area contributed by atoms with Crippen molar-refractivity contribution >= 4 is 11.9 Å². The highest BCUT2D eigenvalue weighted by Gasteiger charge is 2.25. The lowest BCUT2D eigenvalue weighted by molar-refractivity contribution is 0.171. The summed E-state index contributed by atoms with van der Waals surface area (Å²) in [4.78, 5) is 0. The van der Waals surface area contributed by atoms with Crippen molar-refractivity contribution in [3.05, 3.63) is 46.8 Å². The Kier molecular flexibility index (Phi) is 4.34. The van der Waals surface area contributed by atoms with Gasteiger partial charge in [-0.3, -0.25) is 5.43 Å². The number of hydrogen-bond acceptors (Lipinski definition) is 5. The van der Waals surface area contributed by atoms with E-state index < -0.39 is 34.8 Å². The molecule has 1 N–H and O–H groups in total. The Morgan fingerprint density at radius 1 is 1.00 bits per heavy atom. The van der Waals surface area contributed by atoms with E-state index in [1.54, 1.807) is 5.43 Å². The summed E-state index contributed by atoms with van der Waals surface area (Å²) in [6.45, 7) is -0.00487. The Bertz CT molecular complexity index is 844. The van der Waals surface area contributed by atoms with Crippen LogP contribution < -0.4 is 19.6 Å². The molecule has 0 radical (unpaired) electrons. The Morgan fingerprint density at radius 3 is 2.28 bits per heavy atom. The van der Waals surface area contributed by atoms with E-state index in [0.29, 0.717) is 22.8 Å². The molecule has 3 rings (SSSR count). The molecule has 0 aromatic heterocycles. The first-order chi connectivity index (χ1) is 11.9. The predicted molar refractivity (Wildman–Crippen MR) is 76.6 cm³/mol. The highest BCUT2D eigenvalue weighted by Crippen LogP contribution is 2.41. The molecule has 0 atom stereocenters. The molecule has 2 aromatic rings. The molecule has 0 saturated carbocycles. The lowest BCUT2D eigenvalue weighted by Gasteiger charge is -2.07. The molecule has 0 bridgehead atoms. The van der Waals surface area contributed by atoms with Crippen molar-refractivity contribution in [3.8, 4) is 17.2 Å². The van der Waals surface area contributed by atoms with Gasteiger partial charge < -0.3 is 14.2 Å². The number of hydrazone groups is 1. The second kappa shape index (κ2) is 6.46. The summed E-state index contributed by atoms with van der Waals surface area (Å²) < 4.78 is 81.7. The molecule has 132 valence electrons. The molecule has 1 aliphatic rings. The summed E-state index contributed by atoms with van der Waals surface area (Å²) in [6, 6.07) is 2.98. The van der Waals surface area contributed by atoms with E-state index in [1.165, 1.54) is 19.2 Å². The molecule has 1 heterocycles. The molecule has 0 amide bonds. The average molecular weight is 360 g/mol. The van der Waals surface area contributed by atoms with Gasteiger partial charge in [-0.15, -0.1) is 0 Å². The fraction of sp³-hybridized carbons (Fsp3) is 0.133. The predicted octanol–water partition coefficient (Wildman–Crippen LogP) is 3.57. The summed E-state index contributed by atoms with van der Waals surface area (Å²) >= 11 is 0. The van der Waals surface area contributed by atoms with Crippen LogP contribution in [-0.2, 0) is 0 Å². The van der Waals surface area contributed by atoms with Crippen LogP contribution in [0.25, 0.3) is 0 Å². The maximum absolute atomic E-state index is 13.5. The zero-order valence-electron chi connectivity index (χ0n) is 12.5. The van der Waals surface area contributed by atoms with Crippen LogP contribution in [0.5, 0.6) is 17.2 Å². The molecule has 0 spiro atoms. The van der Waals surface area contributed by atoms with E-state index >= 15 is 0 Å². The topological polar surface area (TPSA) is 52.1 Å². The van der Waals surface area contributed by atoms with E-state index in [1.807, 2.05) is 0 Å². The highest BCUT2D eigenvalue weighted by molar-refractivity contribution is 5.83. The van der Waals surface area contributed by atoms with Gasteiger partial charge in [-0.1, -0.05) is 0 Å². The zero-order chi connectivity index (χ0) is 18.1. The van der Waals surface area contributed by atoms with Crippen molar-refractivity contribution in [2.75, 3.05) is 19.3 Å². The molecule has 0 saturated heterocycles. The van der Waals surface area contributed by atoms with Crippen LogP contribution >= 0.6 is 0 Å². The van der Waals surface area contributed by atoms with Crippen LogP contribution in [0, 0.1) is 29.1 Å². The summed E-state index contributed by atoms with van der Waals surface area (Å²) in [6.07, 6.45) is 1.09. The maximum Gasteiger partial charge on any atom is 0.231 e. The van der Waals surface area contributed by atoms with E-state index in [9.17, 15) is 22.0 Å². The number of nitrogens with one attached hydrogen (secondary N) is 1. The van der Waals surface area contributed by atoms with E-state index in [2.05, 4.69) is 5.10 Å². The third-order valence-electron chi connectivity index (χ3n) is 3.28. The first-order valence-electron chi connectivity index (χ1n) is 6.72. The van der Waals surface area contributed by atoms with Crippen LogP contribution in [0.15, 0.2) is 17.2 Å². The van der Waals surface area contributed by atoms with Crippen molar-refractivity contribution in [2.45, 2.75) is 0 Å². The standard InChI is InChI=1S/C15H9F5N2O3/c1-23-7-2-6(3-8-15(7)25-5-24-8)4-21-22-14-12(19)10(17)9(16)11(18)13(14)20/h2-4,22H,5H2,1H3/b21-4-. The number of hydrogen-bond donors (Lipinski definition) is 1. The minimum Gasteiger partial charge on any atom is -0.493 e. The molecule has 0 unspecified atom stereocenters. The van der Waals surface area contributed by atoms with Gasteiger partial charge in [0.2, 0.25) is 18.4 Å². The minimum absolute atomic E-state index is 0.00487. The second-order valence-electron chi connectivity index (χ2n) is 4.77. The monoisotopic (exact) mass is 360 g/mol. The number of fused-ring (bicyclic) bond motifs is 1. The van der Waals surface area contributed by atoms with Gasteiger partial charge in [0.15, 0.2) is 34.8 Å². The Morgan fingerprint density at radius 2 is 1.64 bits per heavy atom. The fourth-order valence-corrected chi connectivity index (χ4v) is 2.10. The van der Waals surface area contributed by atoms with Crippen molar-refractivity contribution < 1.29 is 36.2 Å². The number of ether oxygens (including phenoxy) is 3. The molecule has 0 fully saturated rings. The van der Waals surface area contributed by atoms with Gasteiger partial charge in [0.05, 0.1) is 13.3 Å². The molecule has 25 heavy (non-hydrogen) atoms. The van der Waals surface area contributed by atoms with Gasteiger partial charge in [-0.2, -0.15) is 5.10 Å². The summed E-state index contributed by atoms with van der Waals surface area (Å²) in [5, 5.41) is 3.48. The molecular formula is C15H9F5N2O3. The van der Waals surface area contributed by atoms with Crippen LogP contribution in [0.1, 0.15) is 5.56 Å². The number of halogens is 5. The third kappa shape index (κ3) is 2.90. The lowest BCUT2D eigenvalue weighted by atomic mass is 10.2. The second-order valence-corrected chi connectivity index (χ2v) is 4.77. The summed E-state index contributed by atoms with van der Waals surface area (Å²) in [5.41, 5.74) is 0.913. The number of benzene rings is 2. The Balaban J connectivity index is 1.88. The lowest BCUT2D eigenvalue weighted by Crippen LogP contribution is -2.06. The van der Waals surface area contributed by atoms with Gasteiger partial charge in [0.25, 0.3) is 0 Å². The Labute approximate surface area is 137 Å². The van der Waals surface area contributed by atoms with Crippen molar-refractivity contribution in [3.63, 3.8) is 0 Å². The van der Waals surface area contributed by atoms with Crippen LogP contribution in [0.3, 0.4) is 0 Å². The maximum atomic E-state index is 13.5. The van der Waals surface area contributed by atoms with Crippen molar-refractivity contribution in [1.82, 2.24) is 0 Å². The van der Waals surface area contributed by atoms with Crippen LogP contribution in [0.4, 0.5) is 27.6 Å². The van der Waals surface area contributed by atoms with Gasteiger partial charge in [0, 0.05) is 5.56 Å². The summed E-state index contributed by atoms with van der Waals surface area (Å²) in [5.74, 6) is -9.35. The molecule has 0 aliphatic carbocycles. The van der Waals surface area contributed by atoms with Gasteiger partial charge in [-0.05, 0) is 12.1 Å². The zero-order valence-corrected chi connectivity index (χ0v) is 12.5. The third-order valence-corrected chi connectivity index (χ3v) is 3.28. The van der Waals surface area contributed by atoms with E-state index in [0.717, 1.165) is 6.21 Å². The number of rotatable bonds is 4. The Hall–Kier alpha value is -3.04. The average Bonchev–Trinajstić information content (AvgIpc) is 3.09. The van der Waals surface area contributed by atoms with E-state index in [4.69, 9.17) is 14.2 Å². The SMILES string of the molecule is COc1cc(/C=N\Nc2c(F)c(F)c(F)c(F)c2F)cc2c1OCO2. The quantitative estimate of drug-likeness (QED) is 0.298. The number of anilines is 1. The number of nitrogens with zero attached hydrogens (tertiary/aromatic N) is 1. The van der Waals surface area contributed by atoms with Gasteiger partial charge in [0.1, 0.15) is 5.69 Å². The largest absolute Gasteiger partial charge is 0.493 e. The van der Waals surface area contributed by atoms with Crippen LogP contribution in [-0.4, -0.2) is 20.1 Å². The first kappa shape index (κ1) is 16.8. The molecule has 5 nitrogen and oxygen atoms in total. The first-order valence-corrected chi connectivity index (χ1v) is 6.72. The van der Waals surface area contributed by atoms with Crippen molar-refractivity contribution in [2.24, 2.45) is 5.10 Å². The molecule has 10 heteroatoms. The minimum atomic E-state index is -2.25. The molecule has 2 aromatic carbocycles. The smallest absolute Gasteiger partial charge is 0.231 e. The normalized spacial score (nSPS) is 12.7. The number of methoxy groups -OCH3 is 1. The molecular weight excluding hydrogens is 351 g/mol. The highest BCUT2D eigenvalue weighted by atomic mass is 19.2. The van der Waals surface area contributed by atoms with Crippen LogP contribution in [0.2, 0.25) is 0 Å². The fourth-order valence-electron chi connectivity index (χ4n) is 2.10. The molecule has 1 aliphatic heterocycles. The van der Waals surface area contributed by atoms with Crippen molar-refractivity contribution in [1.29, 1.82) is 0 Å². The summed E-state index contributed by atoms with van der Waals surface area (Å²) in [7, 11) is 1.39.